The summed E-state index contributed by atoms with van der Waals surface area (Å²) in [5.41, 5.74) is 17.7. The molecule has 26 heavy (non-hydrogen) atoms. The van der Waals surface area contributed by atoms with Crippen LogP contribution in [0.15, 0.2) is 47.6 Å². The van der Waals surface area contributed by atoms with Crippen molar-refractivity contribution in [3.63, 3.8) is 0 Å². The standard InChI is InChI=1S/C19H26N6S/c1-26-16-8-6-15(7-9-16)23-17-12-19(21,13-2-4-14(20)5-3-13)24-25-11-10-22-18(17)25/h6-14,23-24H,2-5,20-21H2,1H3. The van der Waals surface area contributed by atoms with Crippen molar-refractivity contribution in [2.45, 2.75) is 42.3 Å². The van der Waals surface area contributed by atoms with Gasteiger partial charge in [0.1, 0.15) is 5.66 Å². The van der Waals surface area contributed by atoms with Crippen molar-refractivity contribution >= 4 is 23.1 Å². The molecular formula is C19H26N6S. The Kier molecular flexibility index (Phi) is 4.69. The lowest BCUT2D eigenvalue weighted by Gasteiger charge is -2.42. The molecule has 1 fully saturated rings. The lowest BCUT2D eigenvalue weighted by molar-refractivity contribution is 0.239. The highest BCUT2D eigenvalue weighted by Gasteiger charge is 2.39. The number of rotatable bonds is 4. The summed E-state index contributed by atoms with van der Waals surface area (Å²) in [6.07, 6.45) is 12.0. The number of imidazole rings is 1. The number of benzene rings is 1. The van der Waals surface area contributed by atoms with Gasteiger partial charge in [-0.3, -0.25) is 0 Å². The second-order valence-corrected chi connectivity index (χ2v) is 8.07. The number of nitrogens with two attached hydrogens (primary N) is 2. The first kappa shape index (κ1) is 17.5. The molecule has 0 saturated heterocycles. The molecule has 7 heteroatoms. The molecule has 0 amide bonds. The van der Waals surface area contributed by atoms with Crippen LogP contribution in [0.5, 0.6) is 0 Å². The predicted molar refractivity (Wildman–Crippen MR) is 108 cm³/mol. The molecule has 1 aromatic heterocycles. The number of thioether (sulfide) groups is 1. The maximum atomic E-state index is 6.82. The van der Waals surface area contributed by atoms with Gasteiger partial charge < -0.3 is 22.2 Å². The first-order valence-electron chi connectivity index (χ1n) is 9.08. The Bertz CT molecular complexity index is 791. The summed E-state index contributed by atoms with van der Waals surface area (Å²) in [6.45, 7) is 0. The van der Waals surface area contributed by atoms with Crippen LogP contribution in [0.1, 0.15) is 31.5 Å². The van der Waals surface area contributed by atoms with E-state index in [0.29, 0.717) is 12.0 Å². The van der Waals surface area contributed by atoms with E-state index in [1.54, 1.807) is 18.0 Å². The van der Waals surface area contributed by atoms with E-state index in [9.17, 15) is 0 Å². The third-order valence-electron chi connectivity index (χ3n) is 5.40. The molecule has 6 N–H and O–H groups in total. The minimum absolute atomic E-state index is 0.304. The van der Waals surface area contributed by atoms with Gasteiger partial charge in [0.2, 0.25) is 0 Å². The summed E-state index contributed by atoms with van der Waals surface area (Å²) >= 11 is 1.73. The number of hydrogen-bond acceptors (Lipinski definition) is 6. The van der Waals surface area contributed by atoms with Crippen LogP contribution in [0, 0.1) is 5.92 Å². The molecule has 1 unspecified atom stereocenters. The van der Waals surface area contributed by atoms with Crippen LogP contribution in [-0.2, 0) is 0 Å². The Morgan fingerprint density at radius 2 is 1.96 bits per heavy atom. The molecule has 0 bridgehead atoms. The van der Waals surface area contributed by atoms with Crippen LogP contribution in [-0.4, -0.2) is 27.6 Å². The fourth-order valence-electron chi connectivity index (χ4n) is 3.87. The van der Waals surface area contributed by atoms with E-state index in [1.165, 1.54) is 4.90 Å². The molecule has 1 aliphatic carbocycles. The summed E-state index contributed by atoms with van der Waals surface area (Å²) < 4.78 is 1.92. The molecule has 2 aromatic rings. The minimum atomic E-state index is -0.616. The third-order valence-corrected chi connectivity index (χ3v) is 6.14. The van der Waals surface area contributed by atoms with Crippen molar-refractivity contribution < 1.29 is 0 Å². The van der Waals surface area contributed by atoms with Crippen molar-refractivity contribution in [2.75, 3.05) is 17.0 Å². The summed E-state index contributed by atoms with van der Waals surface area (Å²) in [5.74, 6) is 1.18. The number of hydrogen-bond donors (Lipinski definition) is 4. The van der Waals surface area contributed by atoms with Crippen molar-refractivity contribution in [3.05, 3.63) is 48.6 Å². The molecule has 0 spiro atoms. The highest BCUT2D eigenvalue weighted by atomic mass is 32.2. The molecule has 1 saturated carbocycles. The lowest BCUT2D eigenvalue weighted by atomic mass is 9.78. The molecule has 1 atom stereocenters. The van der Waals surface area contributed by atoms with Gasteiger partial charge in [-0.25, -0.2) is 9.66 Å². The summed E-state index contributed by atoms with van der Waals surface area (Å²) in [7, 11) is 0. The van der Waals surface area contributed by atoms with Crippen molar-refractivity contribution in [3.8, 4) is 0 Å². The van der Waals surface area contributed by atoms with Crippen LogP contribution in [0.25, 0.3) is 5.70 Å². The van der Waals surface area contributed by atoms with Crippen LogP contribution in [0.4, 0.5) is 5.69 Å². The quantitative estimate of drug-likeness (QED) is 0.619. The largest absolute Gasteiger partial charge is 0.353 e. The monoisotopic (exact) mass is 370 g/mol. The molecule has 0 radical (unpaired) electrons. The van der Waals surface area contributed by atoms with E-state index in [-0.39, 0.29) is 0 Å². The van der Waals surface area contributed by atoms with E-state index in [0.717, 1.165) is 42.9 Å². The molecule has 4 rings (SSSR count). The van der Waals surface area contributed by atoms with Gasteiger partial charge in [-0.1, -0.05) is 0 Å². The zero-order valence-corrected chi connectivity index (χ0v) is 15.8. The van der Waals surface area contributed by atoms with E-state index in [2.05, 4.69) is 52.3 Å². The van der Waals surface area contributed by atoms with Gasteiger partial charge in [-0.15, -0.1) is 11.8 Å². The summed E-state index contributed by atoms with van der Waals surface area (Å²) in [5, 5.41) is 3.50. The molecule has 138 valence electrons. The second kappa shape index (κ2) is 6.98. The van der Waals surface area contributed by atoms with Gasteiger partial charge >= 0.3 is 0 Å². The summed E-state index contributed by atoms with van der Waals surface area (Å²) in [6, 6.07) is 8.69. The first-order chi connectivity index (χ1) is 12.6. The van der Waals surface area contributed by atoms with Gasteiger partial charge in [0.15, 0.2) is 5.82 Å². The fraction of sp³-hybridized carbons (Fsp3) is 0.421. The number of fused-ring (bicyclic) bond motifs is 1. The third kappa shape index (κ3) is 3.34. The lowest BCUT2D eigenvalue weighted by Crippen LogP contribution is -2.58. The van der Waals surface area contributed by atoms with Crippen LogP contribution >= 0.6 is 11.8 Å². The van der Waals surface area contributed by atoms with Crippen molar-refractivity contribution in [2.24, 2.45) is 17.4 Å². The maximum Gasteiger partial charge on any atom is 0.174 e. The van der Waals surface area contributed by atoms with Crippen LogP contribution in [0.3, 0.4) is 0 Å². The van der Waals surface area contributed by atoms with E-state index < -0.39 is 5.66 Å². The van der Waals surface area contributed by atoms with E-state index in [4.69, 9.17) is 11.5 Å². The van der Waals surface area contributed by atoms with Gasteiger partial charge in [0, 0.05) is 34.9 Å². The Morgan fingerprint density at radius 1 is 1.23 bits per heavy atom. The van der Waals surface area contributed by atoms with E-state index >= 15 is 0 Å². The number of nitrogens with zero attached hydrogens (tertiary/aromatic N) is 2. The van der Waals surface area contributed by atoms with Gasteiger partial charge in [-0.05, 0) is 62.3 Å². The first-order valence-corrected chi connectivity index (χ1v) is 10.3. The van der Waals surface area contributed by atoms with Crippen LogP contribution < -0.4 is 22.2 Å². The normalized spacial score (nSPS) is 28.0. The SMILES string of the molecule is CSc1ccc(NC2=CC(N)(C3CCC(N)CC3)Nn3ccnc32)cc1. The van der Waals surface area contributed by atoms with Crippen molar-refractivity contribution in [1.29, 1.82) is 0 Å². The number of aromatic nitrogens is 2. The zero-order valence-electron chi connectivity index (χ0n) is 15.0. The average molecular weight is 371 g/mol. The minimum Gasteiger partial charge on any atom is -0.353 e. The molecule has 1 aliphatic heterocycles. The van der Waals surface area contributed by atoms with Crippen molar-refractivity contribution in [1.82, 2.24) is 9.66 Å². The predicted octanol–water partition coefficient (Wildman–Crippen LogP) is 2.79. The number of anilines is 1. The van der Waals surface area contributed by atoms with Gasteiger partial charge in [-0.2, -0.15) is 0 Å². The molecule has 2 heterocycles. The zero-order chi connectivity index (χ0) is 18.1. The fourth-order valence-corrected chi connectivity index (χ4v) is 4.27. The van der Waals surface area contributed by atoms with Crippen LogP contribution in [0.2, 0.25) is 0 Å². The Hall–Kier alpha value is -1.96. The summed E-state index contributed by atoms with van der Waals surface area (Å²) in [4.78, 5) is 5.72. The Balaban J connectivity index is 1.62. The molecule has 6 nitrogen and oxygen atoms in total. The molecule has 1 aromatic carbocycles. The second-order valence-electron chi connectivity index (χ2n) is 7.19. The smallest absolute Gasteiger partial charge is 0.174 e. The van der Waals surface area contributed by atoms with Gasteiger partial charge in [0.25, 0.3) is 0 Å². The van der Waals surface area contributed by atoms with Gasteiger partial charge in [0.05, 0.1) is 5.70 Å². The highest BCUT2D eigenvalue weighted by Crippen LogP contribution is 2.35. The number of nitrogens with one attached hydrogen (secondary N) is 2. The topological polar surface area (TPSA) is 93.9 Å². The van der Waals surface area contributed by atoms with E-state index in [1.807, 2.05) is 10.9 Å². The average Bonchev–Trinajstić information content (AvgIpc) is 3.11. The molecule has 2 aliphatic rings. The Labute approximate surface area is 158 Å². The molecular weight excluding hydrogens is 344 g/mol. The Morgan fingerprint density at radius 3 is 2.65 bits per heavy atom. The maximum absolute atomic E-state index is 6.82. The highest BCUT2D eigenvalue weighted by molar-refractivity contribution is 7.98.